The van der Waals surface area contributed by atoms with Gasteiger partial charge in [-0.25, -0.2) is 0 Å². The molecule has 0 radical (unpaired) electrons. The number of rotatable bonds is 7. The lowest BCUT2D eigenvalue weighted by atomic mass is 9.64. The van der Waals surface area contributed by atoms with Crippen molar-refractivity contribution in [3.05, 3.63) is 108 Å². The third-order valence-electron chi connectivity index (χ3n) is 6.70. The van der Waals surface area contributed by atoms with Crippen LogP contribution in [0.2, 0.25) is 0 Å². The fraction of sp³-hybridized carbons (Fsp3) is 0.286. The smallest absolute Gasteiger partial charge is 0.225 e. The molecule has 0 bridgehead atoms. The zero-order valence-corrected chi connectivity index (χ0v) is 18.2. The van der Waals surface area contributed by atoms with Gasteiger partial charge in [0.1, 0.15) is 5.41 Å². The molecule has 3 nitrogen and oxygen atoms in total. The first-order valence-corrected chi connectivity index (χ1v) is 11.0. The molecular formula is C28H29NO2. The summed E-state index contributed by atoms with van der Waals surface area (Å²) in [6.45, 7) is 2.81. The van der Waals surface area contributed by atoms with Crippen LogP contribution in [0.15, 0.2) is 91.0 Å². The minimum atomic E-state index is -0.911. The summed E-state index contributed by atoms with van der Waals surface area (Å²) in [6, 6.07) is 30.1. The second kappa shape index (κ2) is 8.89. The van der Waals surface area contributed by atoms with Crippen LogP contribution in [-0.2, 0) is 15.0 Å². The van der Waals surface area contributed by atoms with E-state index >= 15 is 0 Å². The second-order valence-corrected chi connectivity index (χ2v) is 8.61. The van der Waals surface area contributed by atoms with E-state index in [1.54, 1.807) is 4.90 Å². The van der Waals surface area contributed by atoms with Crippen LogP contribution in [-0.4, -0.2) is 30.2 Å². The maximum atomic E-state index is 14.3. The molecular weight excluding hydrogens is 382 g/mol. The highest BCUT2D eigenvalue weighted by Crippen LogP contribution is 2.42. The lowest BCUT2D eigenvalue weighted by Crippen LogP contribution is -2.40. The van der Waals surface area contributed by atoms with Crippen molar-refractivity contribution in [1.29, 1.82) is 0 Å². The molecule has 1 saturated heterocycles. The largest absolute Gasteiger partial charge is 0.345 e. The molecule has 0 spiro atoms. The van der Waals surface area contributed by atoms with Gasteiger partial charge in [-0.3, -0.25) is 9.59 Å². The Bertz CT molecular complexity index is 934. The van der Waals surface area contributed by atoms with Crippen molar-refractivity contribution < 1.29 is 9.59 Å². The zero-order chi connectivity index (χ0) is 21.8. The SMILES string of the molecule is CC(CC(=O)C(c1ccccc1)(c1ccccc1)c1ccccc1)C1CCN(C)C1=O. The fourth-order valence-corrected chi connectivity index (χ4v) is 5.01. The van der Waals surface area contributed by atoms with Crippen LogP contribution in [0.5, 0.6) is 0 Å². The van der Waals surface area contributed by atoms with Gasteiger partial charge in [0.05, 0.1) is 0 Å². The van der Waals surface area contributed by atoms with Gasteiger partial charge in [-0.15, -0.1) is 0 Å². The molecule has 0 N–H and O–H groups in total. The van der Waals surface area contributed by atoms with Gasteiger partial charge in [-0.2, -0.15) is 0 Å². The molecule has 1 aliphatic rings. The molecule has 1 fully saturated rings. The van der Waals surface area contributed by atoms with Crippen molar-refractivity contribution in [2.24, 2.45) is 11.8 Å². The summed E-state index contributed by atoms with van der Waals surface area (Å²) in [5.41, 5.74) is 1.96. The highest BCUT2D eigenvalue weighted by Gasteiger charge is 2.45. The minimum Gasteiger partial charge on any atom is -0.345 e. The Morgan fingerprint density at radius 3 is 1.65 bits per heavy atom. The highest BCUT2D eigenvalue weighted by atomic mass is 16.2. The van der Waals surface area contributed by atoms with Crippen LogP contribution in [0.1, 0.15) is 36.5 Å². The van der Waals surface area contributed by atoms with E-state index < -0.39 is 5.41 Å². The second-order valence-electron chi connectivity index (χ2n) is 8.61. The van der Waals surface area contributed by atoms with Gasteiger partial charge >= 0.3 is 0 Å². The fourth-order valence-electron chi connectivity index (χ4n) is 5.01. The lowest BCUT2D eigenvalue weighted by Gasteiger charge is -2.35. The number of hydrogen-bond donors (Lipinski definition) is 0. The van der Waals surface area contributed by atoms with E-state index in [2.05, 4.69) is 0 Å². The molecule has 0 aliphatic carbocycles. The number of carbonyl (C=O) groups excluding carboxylic acids is 2. The van der Waals surface area contributed by atoms with Crippen molar-refractivity contribution in [2.75, 3.05) is 13.6 Å². The van der Waals surface area contributed by atoms with E-state index in [-0.39, 0.29) is 23.5 Å². The summed E-state index contributed by atoms with van der Waals surface area (Å²) >= 11 is 0. The molecule has 0 saturated carbocycles. The Balaban J connectivity index is 1.84. The maximum absolute atomic E-state index is 14.3. The summed E-state index contributed by atoms with van der Waals surface area (Å²) in [5, 5.41) is 0. The van der Waals surface area contributed by atoms with E-state index in [4.69, 9.17) is 0 Å². The van der Waals surface area contributed by atoms with Crippen LogP contribution < -0.4 is 0 Å². The highest BCUT2D eigenvalue weighted by molar-refractivity contribution is 5.98. The minimum absolute atomic E-state index is 0.0135. The molecule has 3 heteroatoms. The third-order valence-corrected chi connectivity index (χ3v) is 6.70. The van der Waals surface area contributed by atoms with Gasteiger partial charge in [0.25, 0.3) is 0 Å². The van der Waals surface area contributed by atoms with Gasteiger partial charge in [-0.1, -0.05) is 97.9 Å². The van der Waals surface area contributed by atoms with E-state index in [1.807, 2.05) is 105 Å². The number of benzene rings is 3. The number of amides is 1. The van der Waals surface area contributed by atoms with Gasteiger partial charge in [0.15, 0.2) is 5.78 Å². The van der Waals surface area contributed by atoms with Crippen molar-refractivity contribution in [3.63, 3.8) is 0 Å². The molecule has 2 atom stereocenters. The lowest BCUT2D eigenvalue weighted by molar-refractivity contribution is -0.131. The Kier molecular flexibility index (Phi) is 6.03. The molecule has 1 amide bonds. The van der Waals surface area contributed by atoms with Crippen LogP contribution >= 0.6 is 0 Å². The normalized spacial score (nSPS) is 17.5. The van der Waals surface area contributed by atoms with Crippen LogP contribution in [0.4, 0.5) is 0 Å². The Labute approximate surface area is 184 Å². The van der Waals surface area contributed by atoms with Gasteiger partial charge in [0, 0.05) is 25.9 Å². The molecule has 2 unspecified atom stereocenters. The molecule has 1 heterocycles. The average Bonchev–Trinajstić information content (AvgIpc) is 3.15. The van der Waals surface area contributed by atoms with E-state index in [0.717, 1.165) is 29.7 Å². The van der Waals surface area contributed by atoms with E-state index in [0.29, 0.717) is 6.42 Å². The summed E-state index contributed by atoms with van der Waals surface area (Å²) in [6.07, 6.45) is 1.17. The average molecular weight is 412 g/mol. The maximum Gasteiger partial charge on any atom is 0.225 e. The Morgan fingerprint density at radius 2 is 1.29 bits per heavy atom. The van der Waals surface area contributed by atoms with Gasteiger partial charge in [-0.05, 0) is 29.0 Å². The zero-order valence-electron chi connectivity index (χ0n) is 18.2. The predicted octanol–water partition coefficient (Wildman–Crippen LogP) is 5.09. The van der Waals surface area contributed by atoms with Crippen LogP contribution in [0.3, 0.4) is 0 Å². The number of likely N-dealkylation sites (tertiary alicyclic amines) is 1. The number of ketones is 1. The first kappa shape index (κ1) is 21.0. The topological polar surface area (TPSA) is 37.4 Å². The quantitative estimate of drug-likeness (QED) is 0.508. The Morgan fingerprint density at radius 1 is 0.871 bits per heavy atom. The third kappa shape index (κ3) is 3.81. The Hall–Kier alpha value is -3.20. The summed E-state index contributed by atoms with van der Waals surface area (Å²) in [5.74, 6) is 0.186. The molecule has 3 aromatic carbocycles. The van der Waals surface area contributed by atoms with Gasteiger partial charge < -0.3 is 4.90 Å². The summed E-state index contributed by atoms with van der Waals surface area (Å²) < 4.78 is 0. The molecule has 1 aliphatic heterocycles. The first-order chi connectivity index (χ1) is 15.0. The van der Waals surface area contributed by atoms with Crippen LogP contribution in [0, 0.1) is 11.8 Å². The monoisotopic (exact) mass is 411 g/mol. The van der Waals surface area contributed by atoms with Gasteiger partial charge in [0.2, 0.25) is 5.91 Å². The van der Waals surface area contributed by atoms with Crippen molar-refractivity contribution in [2.45, 2.75) is 25.2 Å². The van der Waals surface area contributed by atoms with Crippen molar-refractivity contribution in [3.8, 4) is 0 Å². The summed E-state index contributed by atoms with van der Waals surface area (Å²) in [7, 11) is 1.85. The molecule has 0 aromatic heterocycles. The molecule has 4 rings (SSSR count). The predicted molar refractivity (Wildman–Crippen MR) is 124 cm³/mol. The summed E-state index contributed by atoms with van der Waals surface area (Å²) in [4.78, 5) is 28.7. The first-order valence-electron chi connectivity index (χ1n) is 11.0. The molecule has 31 heavy (non-hydrogen) atoms. The van der Waals surface area contributed by atoms with Crippen molar-refractivity contribution in [1.82, 2.24) is 4.90 Å². The van der Waals surface area contributed by atoms with Crippen LogP contribution in [0.25, 0.3) is 0 Å². The van der Waals surface area contributed by atoms with E-state index in [1.165, 1.54) is 0 Å². The standard InChI is InChI=1S/C28H29NO2/c1-21(25-18-19-29(2)27(25)31)20-26(30)28(22-12-6-3-7-13-22,23-14-8-4-9-15-23)24-16-10-5-11-17-24/h3-17,21,25H,18-20H2,1-2H3. The molecule has 158 valence electrons. The van der Waals surface area contributed by atoms with Crippen molar-refractivity contribution >= 4 is 11.7 Å². The number of carbonyl (C=O) groups is 2. The number of nitrogens with zero attached hydrogens (tertiary/aromatic N) is 1. The van der Waals surface area contributed by atoms with E-state index in [9.17, 15) is 9.59 Å². The number of hydrogen-bond acceptors (Lipinski definition) is 2. The number of Topliss-reactive ketones (excluding diaryl/α,β-unsaturated/α-hetero) is 1. The molecule has 3 aromatic rings.